The summed E-state index contributed by atoms with van der Waals surface area (Å²) in [5, 5.41) is 5.48. The first-order valence-electron chi connectivity index (χ1n) is 9.22. The lowest BCUT2D eigenvalue weighted by molar-refractivity contribution is 0.331. The van der Waals surface area contributed by atoms with Gasteiger partial charge in [-0.2, -0.15) is 0 Å². The van der Waals surface area contributed by atoms with Gasteiger partial charge in [0.1, 0.15) is 5.82 Å². The number of pyridine rings is 2. The minimum absolute atomic E-state index is 0.194. The van der Waals surface area contributed by atoms with E-state index in [1.807, 2.05) is 42.6 Å². The average Bonchev–Trinajstić information content (AvgIpc) is 2.68. The molecule has 1 saturated heterocycles. The summed E-state index contributed by atoms with van der Waals surface area (Å²) in [6, 6.07) is 11.8. The number of rotatable bonds is 4. The number of anilines is 2. The van der Waals surface area contributed by atoms with E-state index in [4.69, 9.17) is 5.73 Å². The molecule has 0 aliphatic carbocycles. The van der Waals surface area contributed by atoms with Crippen molar-refractivity contribution in [1.29, 1.82) is 0 Å². The minimum Gasteiger partial charge on any atom is -0.399 e. The van der Waals surface area contributed by atoms with E-state index in [1.165, 1.54) is 10.6 Å². The quantitative estimate of drug-likeness (QED) is 0.657. The van der Waals surface area contributed by atoms with Crippen molar-refractivity contribution in [2.75, 3.05) is 30.4 Å². The molecule has 1 aliphatic rings. The van der Waals surface area contributed by atoms with E-state index < -0.39 is 10.0 Å². The van der Waals surface area contributed by atoms with Crippen molar-refractivity contribution in [2.45, 2.75) is 18.9 Å². The van der Waals surface area contributed by atoms with E-state index in [2.05, 4.69) is 15.3 Å². The van der Waals surface area contributed by atoms with Crippen LogP contribution in [0.25, 0.3) is 22.0 Å². The molecule has 1 aliphatic heterocycles. The average molecular weight is 398 g/mol. The van der Waals surface area contributed by atoms with Crippen molar-refractivity contribution < 1.29 is 8.42 Å². The van der Waals surface area contributed by atoms with Crippen molar-refractivity contribution in [3.63, 3.8) is 0 Å². The molecule has 1 aromatic carbocycles. The van der Waals surface area contributed by atoms with Gasteiger partial charge < -0.3 is 11.1 Å². The maximum Gasteiger partial charge on any atom is 0.211 e. The van der Waals surface area contributed by atoms with Crippen LogP contribution in [-0.2, 0) is 10.0 Å². The molecule has 0 spiro atoms. The number of hydrogen-bond donors (Lipinski definition) is 2. The van der Waals surface area contributed by atoms with Crippen LogP contribution in [0.4, 0.5) is 11.5 Å². The number of nitrogens with zero attached hydrogens (tertiary/aromatic N) is 3. The molecule has 8 heteroatoms. The van der Waals surface area contributed by atoms with Crippen LogP contribution in [-0.4, -0.2) is 48.1 Å². The Morgan fingerprint density at radius 1 is 1.11 bits per heavy atom. The van der Waals surface area contributed by atoms with Crippen LogP contribution in [0.1, 0.15) is 12.8 Å². The summed E-state index contributed by atoms with van der Waals surface area (Å²) < 4.78 is 24.9. The van der Waals surface area contributed by atoms with Gasteiger partial charge >= 0.3 is 0 Å². The van der Waals surface area contributed by atoms with Gasteiger partial charge in [-0.25, -0.2) is 17.7 Å². The second-order valence-electron chi connectivity index (χ2n) is 7.15. The predicted octanol–water partition coefficient (Wildman–Crippen LogP) is 2.71. The Bertz CT molecular complexity index is 1090. The van der Waals surface area contributed by atoms with Crippen molar-refractivity contribution in [3.8, 4) is 11.3 Å². The molecule has 2 aromatic heterocycles. The van der Waals surface area contributed by atoms with E-state index in [0.29, 0.717) is 18.8 Å². The fraction of sp³-hybridized carbons (Fsp3) is 0.300. The van der Waals surface area contributed by atoms with Crippen LogP contribution in [0, 0.1) is 0 Å². The number of fused-ring (bicyclic) bond motifs is 1. The number of nitrogens with one attached hydrogen (secondary N) is 1. The standard InChI is InChI=1S/C20H23N5O2S/c1-28(26,27)25-10-7-17(8-11-25)24-19-12-18-15(13-23-19)6-9-22-20(18)14-2-4-16(21)5-3-14/h2-6,9,12-13,17H,7-8,10-11,21H2,1H3,(H,23,24). The maximum absolute atomic E-state index is 11.7. The Morgan fingerprint density at radius 3 is 2.50 bits per heavy atom. The number of benzene rings is 1. The first-order chi connectivity index (χ1) is 13.4. The molecule has 3 aromatic rings. The Balaban J connectivity index is 1.58. The molecular weight excluding hydrogens is 374 g/mol. The highest BCUT2D eigenvalue weighted by molar-refractivity contribution is 7.88. The summed E-state index contributed by atoms with van der Waals surface area (Å²) in [6.45, 7) is 1.06. The SMILES string of the molecule is CS(=O)(=O)N1CCC(Nc2cc3c(-c4ccc(N)cc4)nccc3cn2)CC1. The summed E-state index contributed by atoms with van der Waals surface area (Å²) in [5.41, 5.74) is 8.40. The smallest absolute Gasteiger partial charge is 0.211 e. The lowest BCUT2D eigenvalue weighted by Crippen LogP contribution is -2.41. The van der Waals surface area contributed by atoms with Gasteiger partial charge in [0.15, 0.2) is 0 Å². The molecule has 0 radical (unpaired) electrons. The van der Waals surface area contributed by atoms with Crippen LogP contribution in [0.15, 0.2) is 48.8 Å². The Kier molecular flexibility index (Phi) is 4.91. The fourth-order valence-corrected chi connectivity index (χ4v) is 4.43. The molecular formula is C20H23N5O2S. The van der Waals surface area contributed by atoms with Gasteiger partial charge in [-0.3, -0.25) is 4.98 Å². The van der Waals surface area contributed by atoms with Crippen molar-refractivity contribution >= 4 is 32.3 Å². The first-order valence-corrected chi connectivity index (χ1v) is 11.1. The molecule has 0 saturated carbocycles. The minimum atomic E-state index is -3.12. The highest BCUT2D eigenvalue weighted by atomic mass is 32.2. The van der Waals surface area contributed by atoms with E-state index in [-0.39, 0.29) is 6.04 Å². The Morgan fingerprint density at radius 2 is 1.82 bits per heavy atom. The van der Waals surface area contributed by atoms with Gasteiger partial charge in [-0.1, -0.05) is 12.1 Å². The summed E-state index contributed by atoms with van der Waals surface area (Å²) in [4.78, 5) is 9.09. The summed E-state index contributed by atoms with van der Waals surface area (Å²) >= 11 is 0. The summed E-state index contributed by atoms with van der Waals surface area (Å²) in [5.74, 6) is 0.773. The molecule has 0 atom stereocenters. The zero-order chi connectivity index (χ0) is 19.7. The number of piperidine rings is 1. The Hall–Kier alpha value is -2.71. The number of aromatic nitrogens is 2. The number of sulfonamides is 1. The van der Waals surface area contributed by atoms with Gasteiger partial charge in [0.2, 0.25) is 10.0 Å². The van der Waals surface area contributed by atoms with Gasteiger partial charge in [0.05, 0.1) is 11.9 Å². The first kappa shape index (κ1) is 18.6. The largest absolute Gasteiger partial charge is 0.399 e. The van der Waals surface area contributed by atoms with Gasteiger partial charge in [0.25, 0.3) is 0 Å². The third-order valence-electron chi connectivity index (χ3n) is 5.11. The molecule has 0 bridgehead atoms. The monoisotopic (exact) mass is 397 g/mol. The zero-order valence-electron chi connectivity index (χ0n) is 15.7. The highest BCUT2D eigenvalue weighted by Gasteiger charge is 2.25. The topological polar surface area (TPSA) is 101 Å². The number of nitrogens with two attached hydrogens (primary N) is 1. The molecule has 3 N–H and O–H groups in total. The van der Waals surface area contributed by atoms with Crippen LogP contribution in [0.3, 0.4) is 0 Å². The third kappa shape index (κ3) is 3.93. The summed E-state index contributed by atoms with van der Waals surface area (Å²) in [6.07, 6.45) is 6.39. The van der Waals surface area contributed by atoms with Gasteiger partial charge in [-0.05, 0) is 37.1 Å². The molecule has 28 heavy (non-hydrogen) atoms. The van der Waals surface area contributed by atoms with E-state index in [0.717, 1.165) is 40.7 Å². The lowest BCUT2D eigenvalue weighted by Gasteiger charge is -2.30. The van der Waals surface area contributed by atoms with Crippen molar-refractivity contribution in [1.82, 2.24) is 14.3 Å². The van der Waals surface area contributed by atoms with E-state index in [9.17, 15) is 8.42 Å². The van der Waals surface area contributed by atoms with E-state index >= 15 is 0 Å². The van der Waals surface area contributed by atoms with Crippen LogP contribution >= 0.6 is 0 Å². The van der Waals surface area contributed by atoms with Crippen LogP contribution in [0.5, 0.6) is 0 Å². The van der Waals surface area contributed by atoms with Crippen molar-refractivity contribution in [3.05, 3.63) is 48.8 Å². The highest BCUT2D eigenvalue weighted by Crippen LogP contribution is 2.29. The maximum atomic E-state index is 11.7. The van der Waals surface area contributed by atoms with Crippen molar-refractivity contribution in [2.24, 2.45) is 0 Å². The Labute approximate surface area is 164 Å². The molecule has 3 heterocycles. The molecule has 0 amide bonds. The molecule has 7 nitrogen and oxygen atoms in total. The third-order valence-corrected chi connectivity index (χ3v) is 6.41. The van der Waals surface area contributed by atoms with Crippen LogP contribution < -0.4 is 11.1 Å². The zero-order valence-corrected chi connectivity index (χ0v) is 16.5. The normalized spacial score (nSPS) is 16.3. The second-order valence-corrected chi connectivity index (χ2v) is 9.14. The van der Waals surface area contributed by atoms with Gasteiger partial charge in [0, 0.05) is 53.5 Å². The van der Waals surface area contributed by atoms with E-state index in [1.54, 1.807) is 6.20 Å². The lowest BCUT2D eigenvalue weighted by atomic mass is 10.0. The van der Waals surface area contributed by atoms with Crippen LogP contribution in [0.2, 0.25) is 0 Å². The molecule has 4 rings (SSSR count). The molecule has 1 fully saturated rings. The number of hydrogen-bond acceptors (Lipinski definition) is 6. The second kappa shape index (κ2) is 7.37. The molecule has 146 valence electrons. The molecule has 0 unspecified atom stereocenters. The number of nitrogen functional groups attached to an aromatic ring is 1. The van der Waals surface area contributed by atoms with Gasteiger partial charge in [-0.15, -0.1) is 0 Å². The fourth-order valence-electron chi connectivity index (χ4n) is 3.56. The summed E-state index contributed by atoms with van der Waals surface area (Å²) in [7, 11) is -3.12. The predicted molar refractivity (Wildman–Crippen MR) is 112 cm³/mol.